The molecule has 72 valence electrons. The van der Waals surface area contributed by atoms with Gasteiger partial charge in [-0.3, -0.25) is 0 Å². The quantitative estimate of drug-likeness (QED) is 0.552. The van der Waals surface area contributed by atoms with Crippen LogP contribution in [-0.2, 0) is 5.88 Å². The molecule has 0 aromatic heterocycles. The highest BCUT2D eigenvalue weighted by atomic mass is 35.5. The number of alkyl halides is 3. The van der Waals surface area contributed by atoms with E-state index in [1.165, 1.54) is 0 Å². The van der Waals surface area contributed by atoms with E-state index < -0.39 is 6.43 Å². The molecule has 0 fully saturated rings. The molecule has 4 heteroatoms. The molecule has 0 nitrogen and oxygen atoms in total. The van der Waals surface area contributed by atoms with Gasteiger partial charge in [-0.15, -0.1) is 23.4 Å². The maximum atomic E-state index is 11.8. The van der Waals surface area contributed by atoms with Crippen LogP contribution in [0.5, 0.6) is 0 Å². The first-order chi connectivity index (χ1) is 6.22. The van der Waals surface area contributed by atoms with Gasteiger partial charge in [-0.1, -0.05) is 12.1 Å². The molecule has 1 aromatic carbocycles. The average molecular weight is 223 g/mol. The van der Waals surface area contributed by atoms with Gasteiger partial charge in [-0.25, -0.2) is 8.78 Å². The summed E-state index contributed by atoms with van der Waals surface area (Å²) in [5.74, 6) is 0.306. The molecule has 0 heterocycles. The fraction of sp³-hybridized carbons (Fsp3) is 0.333. The maximum absolute atomic E-state index is 11.8. The highest BCUT2D eigenvalue weighted by Gasteiger charge is 2.02. The Hall–Kier alpha value is -0.280. The fourth-order valence-corrected chi connectivity index (χ4v) is 1.66. The summed E-state index contributed by atoms with van der Waals surface area (Å²) >= 11 is 6.73. The van der Waals surface area contributed by atoms with E-state index >= 15 is 0 Å². The van der Waals surface area contributed by atoms with Crippen LogP contribution in [-0.4, -0.2) is 12.2 Å². The van der Waals surface area contributed by atoms with Gasteiger partial charge in [0.05, 0.1) is 5.75 Å². The summed E-state index contributed by atoms with van der Waals surface area (Å²) in [6.45, 7) is 0. The van der Waals surface area contributed by atoms with Crippen LogP contribution in [0.3, 0.4) is 0 Å². The Morgan fingerprint density at radius 2 is 1.85 bits per heavy atom. The Balaban J connectivity index is 2.49. The van der Waals surface area contributed by atoms with Crippen LogP contribution in [0.4, 0.5) is 8.78 Å². The topological polar surface area (TPSA) is 0 Å². The van der Waals surface area contributed by atoms with Gasteiger partial charge in [-0.05, 0) is 17.7 Å². The molecule has 0 saturated carbocycles. The number of hydrogen-bond donors (Lipinski definition) is 0. The molecule has 0 spiro atoms. The zero-order valence-corrected chi connectivity index (χ0v) is 8.42. The largest absolute Gasteiger partial charge is 0.247 e. The highest BCUT2D eigenvalue weighted by molar-refractivity contribution is 7.99. The molecule has 13 heavy (non-hydrogen) atoms. The second kappa shape index (κ2) is 5.45. The van der Waals surface area contributed by atoms with E-state index in [9.17, 15) is 8.78 Å². The van der Waals surface area contributed by atoms with Crippen molar-refractivity contribution in [2.45, 2.75) is 17.2 Å². The van der Waals surface area contributed by atoms with E-state index in [1.807, 2.05) is 24.3 Å². The molecular weight excluding hydrogens is 214 g/mol. The summed E-state index contributed by atoms with van der Waals surface area (Å²) in [7, 11) is 0. The van der Waals surface area contributed by atoms with E-state index in [4.69, 9.17) is 11.6 Å². The fourth-order valence-electron chi connectivity index (χ4n) is 0.834. The zero-order valence-electron chi connectivity index (χ0n) is 6.84. The summed E-state index contributed by atoms with van der Waals surface area (Å²) in [5, 5.41) is 0. The minimum absolute atomic E-state index is 0.153. The molecule has 0 amide bonds. The Labute approximate surface area is 85.3 Å². The molecule has 0 unspecified atom stereocenters. The van der Waals surface area contributed by atoms with Crippen LogP contribution in [0, 0.1) is 0 Å². The van der Waals surface area contributed by atoms with E-state index in [2.05, 4.69) is 0 Å². The number of thioether (sulfide) groups is 1. The van der Waals surface area contributed by atoms with Crippen molar-refractivity contribution in [2.75, 3.05) is 5.75 Å². The minimum Gasteiger partial charge on any atom is -0.210 e. The molecule has 1 aromatic rings. The summed E-state index contributed by atoms with van der Waals surface area (Å²) in [4.78, 5) is 0.856. The first kappa shape index (κ1) is 10.8. The molecule has 0 saturated heterocycles. The van der Waals surface area contributed by atoms with Crippen LogP contribution >= 0.6 is 23.4 Å². The van der Waals surface area contributed by atoms with Crippen molar-refractivity contribution in [3.05, 3.63) is 29.8 Å². The molecule has 0 N–H and O–H groups in total. The summed E-state index contributed by atoms with van der Waals surface area (Å²) in [6.07, 6.45) is -2.25. The van der Waals surface area contributed by atoms with Crippen LogP contribution in [0.1, 0.15) is 5.56 Å². The van der Waals surface area contributed by atoms with E-state index in [0.29, 0.717) is 5.88 Å². The smallest absolute Gasteiger partial charge is 0.210 e. The molecule has 0 aliphatic rings. The van der Waals surface area contributed by atoms with Gasteiger partial charge in [0.25, 0.3) is 0 Å². The summed E-state index contributed by atoms with van der Waals surface area (Å²) in [6, 6.07) is 7.32. The van der Waals surface area contributed by atoms with Crippen molar-refractivity contribution in [2.24, 2.45) is 0 Å². The van der Waals surface area contributed by atoms with Crippen molar-refractivity contribution in [1.29, 1.82) is 0 Å². The first-order valence-electron chi connectivity index (χ1n) is 3.78. The predicted octanol–water partition coefficient (Wildman–Crippen LogP) is 3.78. The third kappa shape index (κ3) is 3.96. The Kier molecular flexibility index (Phi) is 4.53. The van der Waals surface area contributed by atoms with Gasteiger partial charge >= 0.3 is 0 Å². The normalized spacial score (nSPS) is 10.8. The van der Waals surface area contributed by atoms with Crippen molar-refractivity contribution in [1.82, 2.24) is 0 Å². The van der Waals surface area contributed by atoms with Crippen LogP contribution in [0.2, 0.25) is 0 Å². The van der Waals surface area contributed by atoms with Gasteiger partial charge in [0, 0.05) is 10.8 Å². The summed E-state index contributed by atoms with van der Waals surface area (Å²) in [5.41, 5.74) is 1.00. The number of rotatable bonds is 4. The van der Waals surface area contributed by atoms with Crippen molar-refractivity contribution in [3.8, 4) is 0 Å². The van der Waals surface area contributed by atoms with E-state index in [-0.39, 0.29) is 5.75 Å². The van der Waals surface area contributed by atoms with Gasteiger partial charge in [0.15, 0.2) is 0 Å². The molecule has 0 aliphatic carbocycles. The second-order valence-corrected chi connectivity index (χ2v) is 3.84. The Bertz CT molecular complexity index is 248. The number of hydrogen-bond acceptors (Lipinski definition) is 1. The summed E-state index contributed by atoms with van der Waals surface area (Å²) < 4.78 is 23.6. The minimum atomic E-state index is -2.25. The van der Waals surface area contributed by atoms with Gasteiger partial charge < -0.3 is 0 Å². The van der Waals surface area contributed by atoms with Crippen LogP contribution in [0.25, 0.3) is 0 Å². The van der Waals surface area contributed by atoms with E-state index in [1.54, 1.807) is 0 Å². The van der Waals surface area contributed by atoms with E-state index in [0.717, 1.165) is 22.2 Å². The number of benzene rings is 1. The first-order valence-corrected chi connectivity index (χ1v) is 5.30. The van der Waals surface area contributed by atoms with Gasteiger partial charge in [-0.2, -0.15) is 0 Å². The Morgan fingerprint density at radius 3 is 2.31 bits per heavy atom. The third-order valence-corrected chi connectivity index (χ3v) is 2.79. The van der Waals surface area contributed by atoms with Gasteiger partial charge in [0.2, 0.25) is 6.43 Å². The van der Waals surface area contributed by atoms with Crippen molar-refractivity contribution >= 4 is 23.4 Å². The molecule has 0 aliphatic heterocycles. The van der Waals surface area contributed by atoms with Gasteiger partial charge in [0.1, 0.15) is 0 Å². The Morgan fingerprint density at radius 1 is 1.23 bits per heavy atom. The lowest BCUT2D eigenvalue weighted by Crippen LogP contribution is -1.92. The molecule has 0 atom stereocenters. The number of halogens is 3. The molecule has 0 radical (unpaired) electrons. The predicted molar refractivity (Wildman–Crippen MR) is 52.7 cm³/mol. The average Bonchev–Trinajstić information content (AvgIpc) is 2.15. The lowest BCUT2D eigenvalue weighted by Gasteiger charge is -2.01. The van der Waals surface area contributed by atoms with Crippen molar-refractivity contribution < 1.29 is 8.78 Å². The molecule has 1 rings (SSSR count). The zero-order chi connectivity index (χ0) is 9.68. The maximum Gasteiger partial charge on any atom is 0.247 e. The molecular formula is C9H9ClF2S. The SMILES string of the molecule is FC(F)CSc1ccc(CCl)cc1. The third-order valence-electron chi connectivity index (χ3n) is 1.45. The van der Waals surface area contributed by atoms with Crippen molar-refractivity contribution in [3.63, 3.8) is 0 Å². The lowest BCUT2D eigenvalue weighted by atomic mass is 10.2. The van der Waals surface area contributed by atoms with Crippen LogP contribution < -0.4 is 0 Å². The standard InChI is InChI=1S/C9H9ClF2S/c10-5-7-1-3-8(4-2-7)13-6-9(11)12/h1-4,9H,5-6H2. The van der Waals surface area contributed by atoms with Crippen LogP contribution in [0.15, 0.2) is 29.2 Å². The molecule has 0 bridgehead atoms. The lowest BCUT2D eigenvalue weighted by molar-refractivity contribution is 0.177. The second-order valence-electron chi connectivity index (χ2n) is 2.48. The highest BCUT2D eigenvalue weighted by Crippen LogP contribution is 2.20. The monoisotopic (exact) mass is 222 g/mol.